The fraction of sp³-hybridized carbons (Fsp3) is 0.464. The second-order valence-corrected chi connectivity index (χ2v) is 10.7. The number of benzene rings is 2. The maximum absolute atomic E-state index is 15.6. The summed E-state index contributed by atoms with van der Waals surface area (Å²) in [4.78, 5) is 17.6. The van der Waals surface area contributed by atoms with Gasteiger partial charge in [-0.1, -0.05) is 29.8 Å². The van der Waals surface area contributed by atoms with Crippen LogP contribution < -0.4 is 10.1 Å². The van der Waals surface area contributed by atoms with Crippen molar-refractivity contribution in [1.29, 1.82) is 0 Å². The third-order valence-corrected chi connectivity index (χ3v) is 7.45. The topological polar surface area (TPSA) is 77.6 Å². The number of aliphatic carboxylic acids is 1. The van der Waals surface area contributed by atoms with E-state index in [4.69, 9.17) is 16.3 Å². The number of rotatable bonds is 11. The number of hydrogen-bond donors (Lipinski definition) is 3. The highest BCUT2D eigenvalue weighted by Crippen LogP contribution is 2.46. The Labute approximate surface area is 220 Å². The van der Waals surface area contributed by atoms with Crippen molar-refractivity contribution in [3.63, 3.8) is 0 Å². The molecule has 0 fully saturated rings. The van der Waals surface area contributed by atoms with Gasteiger partial charge in [-0.2, -0.15) is 0 Å². The van der Waals surface area contributed by atoms with Crippen LogP contribution in [0.5, 0.6) is 5.75 Å². The summed E-state index contributed by atoms with van der Waals surface area (Å²) in [5, 5.41) is 14.2. The smallest absolute Gasteiger partial charge is 0.310 e. The van der Waals surface area contributed by atoms with Gasteiger partial charge in [-0.15, -0.1) is 0 Å². The standard InChI is InChI=1S/C28H34ClF2N3O3/c1-17-15-19-18-7-4-5-8-21(18)33-25(19)26(34(17)16-28(2,3)27(35)36)23-20(31)9-10-22(24(23)29)37-14-13-32-12-6-11-30/h4-5,7-10,17,26,32-33H,6,11-16H2,1-3H3,(H,35,36)/t17-,26-/m1/s1. The molecular formula is C28H34ClF2N3O3. The first-order chi connectivity index (χ1) is 17.7. The molecule has 2 atom stereocenters. The number of ether oxygens (including phenoxy) is 1. The maximum atomic E-state index is 15.6. The zero-order valence-electron chi connectivity index (χ0n) is 21.4. The molecule has 2 heterocycles. The normalized spacial score (nSPS) is 18.2. The quantitative estimate of drug-likeness (QED) is 0.274. The Balaban J connectivity index is 1.77. The average Bonchev–Trinajstić information content (AvgIpc) is 3.22. The second-order valence-electron chi connectivity index (χ2n) is 10.3. The first kappa shape index (κ1) is 27.4. The van der Waals surface area contributed by atoms with E-state index in [9.17, 15) is 14.3 Å². The molecule has 0 spiro atoms. The Bertz CT molecular complexity index is 1260. The number of alkyl halides is 1. The van der Waals surface area contributed by atoms with Crippen molar-refractivity contribution < 1.29 is 23.4 Å². The van der Waals surface area contributed by atoms with Crippen molar-refractivity contribution in [1.82, 2.24) is 15.2 Å². The number of aromatic nitrogens is 1. The molecule has 0 unspecified atom stereocenters. The van der Waals surface area contributed by atoms with Crippen molar-refractivity contribution in [3.05, 3.63) is 64.1 Å². The summed E-state index contributed by atoms with van der Waals surface area (Å²) < 4.78 is 33.8. The number of para-hydroxylation sites is 1. The van der Waals surface area contributed by atoms with Crippen LogP contribution in [0.15, 0.2) is 36.4 Å². The lowest BCUT2D eigenvalue weighted by Crippen LogP contribution is -2.49. The van der Waals surface area contributed by atoms with Gasteiger partial charge in [0.05, 0.1) is 23.2 Å². The molecule has 1 aliphatic heterocycles. The van der Waals surface area contributed by atoms with E-state index < -0.39 is 23.2 Å². The van der Waals surface area contributed by atoms with Crippen LogP contribution in [-0.2, 0) is 11.2 Å². The number of carboxylic acids is 1. The summed E-state index contributed by atoms with van der Waals surface area (Å²) in [6.07, 6.45) is 1.11. The monoisotopic (exact) mass is 533 g/mol. The number of hydrogen-bond acceptors (Lipinski definition) is 4. The number of carboxylic acid groups (broad SMARTS) is 1. The Hall–Kier alpha value is -2.68. The van der Waals surface area contributed by atoms with Crippen molar-refractivity contribution in [2.45, 2.75) is 45.7 Å². The fourth-order valence-corrected chi connectivity index (χ4v) is 5.36. The molecule has 4 rings (SSSR count). The molecule has 0 amide bonds. The Morgan fingerprint density at radius 3 is 2.76 bits per heavy atom. The van der Waals surface area contributed by atoms with Crippen LogP contribution in [0.1, 0.15) is 50.1 Å². The molecule has 0 bridgehead atoms. The van der Waals surface area contributed by atoms with Gasteiger partial charge in [0, 0.05) is 41.3 Å². The molecule has 0 saturated carbocycles. The van der Waals surface area contributed by atoms with Crippen LogP contribution in [0.2, 0.25) is 5.02 Å². The highest BCUT2D eigenvalue weighted by Gasteiger charge is 2.42. The van der Waals surface area contributed by atoms with Crippen LogP contribution in [-0.4, -0.2) is 59.9 Å². The summed E-state index contributed by atoms with van der Waals surface area (Å²) in [6.45, 7) is 6.51. The van der Waals surface area contributed by atoms with E-state index in [1.54, 1.807) is 13.8 Å². The number of aromatic amines is 1. The third-order valence-electron chi connectivity index (χ3n) is 7.06. The van der Waals surface area contributed by atoms with Crippen LogP contribution in [0, 0.1) is 11.2 Å². The molecule has 0 aliphatic carbocycles. The van der Waals surface area contributed by atoms with Gasteiger partial charge in [0.25, 0.3) is 0 Å². The summed E-state index contributed by atoms with van der Waals surface area (Å²) in [5.41, 5.74) is 2.01. The minimum absolute atomic E-state index is 0.0740. The summed E-state index contributed by atoms with van der Waals surface area (Å²) in [7, 11) is 0. The van der Waals surface area contributed by atoms with Crippen LogP contribution in [0.25, 0.3) is 10.9 Å². The van der Waals surface area contributed by atoms with E-state index in [-0.39, 0.29) is 36.5 Å². The van der Waals surface area contributed by atoms with Crippen LogP contribution >= 0.6 is 11.6 Å². The number of halogens is 3. The van der Waals surface area contributed by atoms with E-state index in [2.05, 4.69) is 10.3 Å². The second kappa shape index (κ2) is 11.4. The van der Waals surface area contributed by atoms with E-state index in [0.717, 1.165) is 22.2 Å². The van der Waals surface area contributed by atoms with E-state index in [1.807, 2.05) is 36.1 Å². The summed E-state index contributed by atoms with van der Waals surface area (Å²) in [5.74, 6) is -1.07. The molecule has 200 valence electrons. The molecule has 2 aromatic carbocycles. The predicted molar refractivity (Wildman–Crippen MR) is 142 cm³/mol. The van der Waals surface area contributed by atoms with Crippen molar-refractivity contribution in [2.24, 2.45) is 5.41 Å². The maximum Gasteiger partial charge on any atom is 0.310 e. The Morgan fingerprint density at radius 1 is 1.27 bits per heavy atom. The number of nitrogens with zero attached hydrogens (tertiary/aromatic N) is 1. The van der Waals surface area contributed by atoms with E-state index in [0.29, 0.717) is 31.7 Å². The Kier molecular flexibility index (Phi) is 8.41. The highest BCUT2D eigenvalue weighted by molar-refractivity contribution is 6.33. The lowest BCUT2D eigenvalue weighted by molar-refractivity contribution is -0.148. The predicted octanol–water partition coefficient (Wildman–Crippen LogP) is 5.74. The largest absolute Gasteiger partial charge is 0.491 e. The molecule has 9 heteroatoms. The van der Waals surface area contributed by atoms with Gasteiger partial charge in [-0.05, 0) is 63.9 Å². The Morgan fingerprint density at radius 2 is 2.03 bits per heavy atom. The molecule has 6 nitrogen and oxygen atoms in total. The molecule has 37 heavy (non-hydrogen) atoms. The summed E-state index contributed by atoms with van der Waals surface area (Å²) in [6, 6.07) is 10.1. The first-order valence-electron chi connectivity index (χ1n) is 12.6. The van der Waals surface area contributed by atoms with Gasteiger partial charge >= 0.3 is 5.97 Å². The van der Waals surface area contributed by atoms with Gasteiger partial charge in [0.1, 0.15) is 18.2 Å². The summed E-state index contributed by atoms with van der Waals surface area (Å²) >= 11 is 6.83. The molecule has 3 N–H and O–H groups in total. The van der Waals surface area contributed by atoms with E-state index in [1.165, 1.54) is 12.1 Å². The van der Waals surface area contributed by atoms with Crippen LogP contribution in [0.4, 0.5) is 8.78 Å². The van der Waals surface area contributed by atoms with Gasteiger partial charge < -0.3 is 20.1 Å². The van der Waals surface area contributed by atoms with Gasteiger partial charge in [0.2, 0.25) is 0 Å². The van der Waals surface area contributed by atoms with Crippen molar-refractivity contribution in [3.8, 4) is 5.75 Å². The van der Waals surface area contributed by atoms with Crippen molar-refractivity contribution in [2.75, 3.05) is 32.9 Å². The average molecular weight is 534 g/mol. The van der Waals surface area contributed by atoms with Gasteiger partial charge in [0.15, 0.2) is 0 Å². The van der Waals surface area contributed by atoms with Crippen molar-refractivity contribution >= 4 is 28.5 Å². The third kappa shape index (κ3) is 5.61. The molecular weight excluding hydrogens is 500 g/mol. The number of carbonyl (C=O) groups is 1. The minimum atomic E-state index is -1.07. The highest BCUT2D eigenvalue weighted by atomic mass is 35.5. The first-order valence-corrected chi connectivity index (χ1v) is 13.0. The number of H-pyrrole nitrogens is 1. The zero-order chi connectivity index (χ0) is 26.7. The van der Waals surface area contributed by atoms with Crippen LogP contribution in [0.3, 0.4) is 0 Å². The fourth-order valence-electron chi connectivity index (χ4n) is 5.05. The number of nitrogens with one attached hydrogen (secondary N) is 2. The number of fused-ring (bicyclic) bond motifs is 3. The van der Waals surface area contributed by atoms with E-state index >= 15 is 4.39 Å². The molecule has 0 saturated heterocycles. The molecule has 1 aromatic heterocycles. The zero-order valence-corrected chi connectivity index (χ0v) is 22.2. The molecule has 1 aliphatic rings. The SMILES string of the molecule is C[C@@H]1Cc2c([nH]c3ccccc23)[C@@H](c2c(F)ccc(OCCNCCCF)c2Cl)N1CC(C)(C)C(=O)O. The van der Waals surface area contributed by atoms with Gasteiger partial charge in [-0.25, -0.2) is 4.39 Å². The van der Waals surface area contributed by atoms with Gasteiger partial charge in [-0.3, -0.25) is 14.1 Å². The molecule has 0 radical (unpaired) electrons. The lowest BCUT2D eigenvalue weighted by atomic mass is 9.84. The minimum Gasteiger partial charge on any atom is -0.491 e. The molecule has 3 aromatic rings. The lowest BCUT2D eigenvalue weighted by Gasteiger charge is -2.44.